The highest BCUT2D eigenvalue weighted by molar-refractivity contribution is 7.09. The van der Waals surface area contributed by atoms with E-state index in [1.54, 1.807) is 7.11 Å². The Kier molecular flexibility index (Phi) is 4.87. The summed E-state index contributed by atoms with van der Waals surface area (Å²) in [5.41, 5.74) is 3.10. The maximum absolute atomic E-state index is 11.9. The van der Waals surface area contributed by atoms with Gasteiger partial charge in [-0.05, 0) is 62.6 Å². The number of aromatic amines is 1. The van der Waals surface area contributed by atoms with Crippen molar-refractivity contribution in [2.75, 3.05) is 13.7 Å². The molecule has 1 aromatic heterocycles. The van der Waals surface area contributed by atoms with Gasteiger partial charge in [0, 0.05) is 17.5 Å². The molecule has 1 fully saturated rings. The lowest BCUT2D eigenvalue weighted by molar-refractivity contribution is 0.154. The zero-order valence-electron chi connectivity index (χ0n) is 14.0. The van der Waals surface area contributed by atoms with E-state index < -0.39 is 0 Å². The molecule has 4 nitrogen and oxygen atoms in total. The Hall–Kier alpha value is -1.59. The average molecular weight is 332 g/mol. The van der Waals surface area contributed by atoms with Gasteiger partial charge >= 0.3 is 4.87 Å². The van der Waals surface area contributed by atoms with Crippen molar-refractivity contribution >= 4 is 11.3 Å². The van der Waals surface area contributed by atoms with E-state index in [0.29, 0.717) is 6.04 Å². The monoisotopic (exact) mass is 332 g/mol. The highest BCUT2D eigenvalue weighted by atomic mass is 32.1. The van der Waals surface area contributed by atoms with E-state index in [1.165, 1.54) is 30.6 Å². The number of hydrogen-bond acceptors (Lipinski definition) is 4. The third kappa shape index (κ3) is 3.51. The number of piperidine rings is 1. The van der Waals surface area contributed by atoms with Crippen LogP contribution in [0.4, 0.5) is 0 Å². The van der Waals surface area contributed by atoms with Crippen molar-refractivity contribution in [3.63, 3.8) is 0 Å². The SMILES string of the molecule is COc1ccc(-c2[nH]c(=O)sc2CN2CCCCC2C)cc1C. The third-order valence-electron chi connectivity index (χ3n) is 4.69. The van der Waals surface area contributed by atoms with Gasteiger partial charge in [-0.1, -0.05) is 17.8 Å². The summed E-state index contributed by atoms with van der Waals surface area (Å²) < 4.78 is 5.33. The van der Waals surface area contributed by atoms with Crippen molar-refractivity contribution in [3.8, 4) is 17.0 Å². The van der Waals surface area contributed by atoms with E-state index >= 15 is 0 Å². The molecular weight excluding hydrogens is 308 g/mol. The average Bonchev–Trinajstić information content (AvgIpc) is 2.90. The number of thiazole rings is 1. The Morgan fingerprint density at radius 1 is 1.39 bits per heavy atom. The van der Waals surface area contributed by atoms with Gasteiger partial charge < -0.3 is 9.72 Å². The topological polar surface area (TPSA) is 45.3 Å². The maximum atomic E-state index is 11.9. The van der Waals surface area contributed by atoms with E-state index in [2.05, 4.69) is 22.9 Å². The zero-order valence-corrected chi connectivity index (χ0v) is 14.8. The number of nitrogens with zero attached hydrogens (tertiary/aromatic N) is 1. The Balaban J connectivity index is 1.91. The van der Waals surface area contributed by atoms with Crippen molar-refractivity contribution < 1.29 is 4.74 Å². The molecule has 0 spiro atoms. The summed E-state index contributed by atoms with van der Waals surface area (Å²) in [4.78, 5) is 18.6. The smallest absolute Gasteiger partial charge is 0.305 e. The number of aromatic nitrogens is 1. The summed E-state index contributed by atoms with van der Waals surface area (Å²) in [6.45, 7) is 6.28. The van der Waals surface area contributed by atoms with Gasteiger partial charge in [-0.25, -0.2) is 0 Å². The van der Waals surface area contributed by atoms with Gasteiger partial charge in [-0.15, -0.1) is 0 Å². The van der Waals surface area contributed by atoms with E-state index in [1.807, 2.05) is 19.1 Å². The van der Waals surface area contributed by atoms with Crippen molar-refractivity contribution in [1.82, 2.24) is 9.88 Å². The molecule has 1 unspecified atom stereocenters. The number of ether oxygens (including phenoxy) is 1. The van der Waals surface area contributed by atoms with Crippen LogP contribution in [0.25, 0.3) is 11.3 Å². The summed E-state index contributed by atoms with van der Waals surface area (Å²) in [6.07, 6.45) is 3.81. The van der Waals surface area contributed by atoms with Gasteiger partial charge in [0.05, 0.1) is 12.8 Å². The molecule has 0 radical (unpaired) electrons. The van der Waals surface area contributed by atoms with Gasteiger partial charge in [0.2, 0.25) is 0 Å². The molecule has 3 rings (SSSR count). The zero-order chi connectivity index (χ0) is 16.4. The molecule has 0 amide bonds. The van der Waals surface area contributed by atoms with E-state index in [9.17, 15) is 4.79 Å². The molecule has 124 valence electrons. The van der Waals surface area contributed by atoms with E-state index in [4.69, 9.17) is 4.74 Å². The molecule has 1 aliphatic heterocycles. The Bertz CT molecular complexity index is 735. The summed E-state index contributed by atoms with van der Waals surface area (Å²) in [7, 11) is 1.68. The first-order valence-electron chi connectivity index (χ1n) is 8.19. The summed E-state index contributed by atoms with van der Waals surface area (Å²) in [6, 6.07) is 6.66. The molecule has 5 heteroatoms. The van der Waals surface area contributed by atoms with Crippen LogP contribution in [0.2, 0.25) is 0 Å². The van der Waals surface area contributed by atoms with Crippen LogP contribution in [-0.2, 0) is 6.54 Å². The fraction of sp³-hybridized carbons (Fsp3) is 0.500. The molecular formula is C18H24N2O2S. The summed E-state index contributed by atoms with van der Waals surface area (Å²) >= 11 is 1.34. The van der Waals surface area contributed by atoms with Crippen LogP contribution in [0.3, 0.4) is 0 Å². The lowest BCUT2D eigenvalue weighted by atomic mass is 10.0. The second kappa shape index (κ2) is 6.89. The number of nitrogens with one attached hydrogen (secondary N) is 1. The van der Waals surface area contributed by atoms with Crippen LogP contribution in [-0.4, -0.2) is 29.6 Å². The summed E-state index contributed by atoms with van der Waals surface area (Å²) in [5.74, 6) is 0.873. The largest absolute Gasteiger partial charge is 0.496 e. The van der Waals surface area contributed by atoms with Crippen LogP contribution in [0.1, 0.15) is 36.6 Å². The molecule has 23 heavy (non-hydrogen) atoms. The molecule has 1 aromatic carbocycles. The van der Waals surface area contributed by atoms with Gasteiger partial charge in [0.15, 0.2) is 0 Å². The predicted molar refractivity (Wildman–Crippen MR) is 95.4 cm³/mol. The van der Waals surface area contributed by atoms with Crippen molar-refractivity contribution in [1.29, 1.82) is 0 Å². The third-order valence-corrected chi connectivity index (χ3v) is 5.56. The van der Waals surface area contributed by atoms with Gasteiger partial charge in [0.25, 0.3) is 0 Å². The first-order valence-corrected chi connectivity index (χ1v) is 9.01. The highest BCUT2D eigenvalue weighted by Crippen LogP contribution is 2.30. The summed E-state index contributed by atoms with van der Waals surface area (Å²) in [5, 5.41) is 0. The van der Waals surface area contributed by atoms with Crippen molar-refractivity contribution in [2.45, 2.75) is 45.7 Å². The predicted octanol–water partition coefficient (Wildman–Crippen LogP) is 3.79. The van der Waals surface area contributed by atoms with Crippen molar-refractivity contribution in [3.05, 3.63) is 38.3 Å². The number of rotatable bonds is 4. The quantitative estimate of drug-likeness (QED) is 0.926. The number of methoxy groups -OCH3 is 1. The van der Waals surface area contributed by atoms with Crippen LogP contribution in [0.5, 0.6) is 5.75 Å². The second-order valence-electron chi connectivity index (χ2n) is 6.31. The fourth-order valence-corrected chi connectivity index (χ4v) is 4.19. The van der Waals surface area contributed by atoms with E-state index in [0.717, 1.165) is 40.5 Å². The first-order chi connectivity index (χ1) is 11.1. The minimum Gasteiger partial charge on any atom is -0.496 e. The Morgan fingerprint density at radius 3 is 2.91 bits per heavy atom. The van der Waals surface area contributed by atoms with Crippen LogP contribution < -0.4 is 9.61 Å². The number of aryl methyl sites for hydroxylation is 1. The lowest BCUT2D eigenvalue weighted by Gasteiger charge is -2.33. The normalized spacial score (nSPS) is 19.0. The van der Waals surface area contributed by atoms with Gasteiger partial charge in [-0.2, -0.15) is 0 Å². The fourth-order valence-electron chi connectivity index (χ4n) is 3.32. The molecule has 0 saturated carbocycles. The molecule has 1 saturated heterocycles. The molecule has 0 aliphatic carbocycles. The van der Waals surface area contributed by atoms with Gasteiger partial charge in [-0.3, -0.25) is 9.69 Å². The molecule has 1 atom stereocenters. The molecule has 2 heterocycles. The highest BCUT2D eigenvalue weighted by Gasteiger charge is 2.21. The van der Waals surface area contributed by atoms with Crippen LogP contribution >= 0.6 is 11.3 Å². The van der Waals surface area contributed by atoms with Crippen molar-refractivity contribution in [2.24, 2.45) is 0 Å². The standard InChI is InChI=1S/C18H24N2O2S/c1-12-10-14(7-8-15(12)22-3)17-16(23-18(21)19-17)11-20-9-5-4-6-13(20)2/h7-8,10,13H,4-6,9,11H2,1-3H3,(H,19,21). The Labute approximate surface area is 141 Å². The van der Waals surface area contributed by atoms with Crippen LogP contribution in [0.15, 0.2) is 23.0 Å². The van der Waals surface area contributed by atoms with Crippen LogP contribution in [0, 0.1) is 6.92 Å². The Morgan fingerprint density at radius 2 is 2.22 bits per heavy atom. The van der Waals surface area contributed by atoms with Gasteiger partial charge in [0.1, 0.15) is 5.75 Å². The minimum absolute atomic E-state index is 0.0214. The molecule has 1 N–H and O–H groups in total. The number of hydrogen-bond donors (Lipinski definition) is 1. The molecule has 1 aliphatic rings. The first kappa shape index (κ1) is 16.3. The molecule has 0 bridgehead atoms. The minimum atomic E-state index is 0.0214. The second-order valence-corrected chi connectivity index (χ2v) is 7.38. The molecule has 2 aromatic rings. The number of benzene rings is 1. The number of likely N-dealkylation sites (tertiary alicyclic amines) is 1. The van der Waals surface area contributed by atoms with E-state index in [-0.39, 0.29) is 4.87 Å². The maximum Gasteiger partial charge on any atom is 0.305 e. The number of H-pyrrole nitrogens is 1. The lowest BCUT2D eigenvalue weighted by Crippen LogP contribution is -2.36.